The Morgan fingerprint density at radius 2 is 1.96 bits per heavy atom. The maximum atomic E-state index is 11.9. The molecular weight excluding hydrogens is 462 g/mol. The number of aromatic carboxylic acids is 1. The van der Waals surface area contributed by atoms with Crippen LogP contribution in [0.1, 0.15) is 53.5 Å². The molecule has 3 aromatic rings. The molecule has 27 heavy (non-hydrogen) atoms. The summed E-state index contributed by atoms with van der Waals surface area (Å²) in [5.74, 6) is -1.22. The van der Waals surface area contributed by atoms with Crippen molar-refractivity contribution < 1.29 is 39.5 Å². The molecule has 0 atom stereocenters. The van der Waals surface area contributed by atoms with E-state index in [4.69, 9.17) is 5.26 Å². The number of carbonyl (C=O) groups is 1. The van der Waals surface area contributed by atoms with Crippen LogP contribution in [-0.2, 0) is 11.8 Å². The maximum Gasteiger partial charge on any atom is 1.00 e. The maximum absolute atomic E-state index is 11.9. The van der Waals surface area contributed by atoms with E-state index in [2.05, 4.69) is 52.7 Å². The summed E-state index contributed by atoms with van der Waals surface area (Å²) in [4.78, 5) is 15.1. The Bertz CT molecular complexity index is 1060. The van der Waals surface area contributed by atoms with Crippen molar-refractivity contribution in [2.75, 3.05) is 0 Å². The normalized spacial score (nSPS) is 11.1. The Morgan fingerprint density at radius 3 is 2.52 bits per heavy atom. The van der Waals surface area contributed by atoms with Gasteiger partial charge in [0.2, 0.25) is 0 Å². The molecule has 0 aliphatic carbocycles. The van der Waals surface area contributed by atoms with E-state index in [1.807, 2.05) is 19.9 Å². The van der Waals surface area contributed by atoms with Gasteiger partial charge in [-0.05, 0) is 58.3 Å². The van der Waals surface area contributed by atoms with Crippen LogP contribution in [0.25, 0.3) is 10.9 Å². The zero-order valence-corrected chi connectivity index (χ0v) is 20.0. The van der Waals surface area contributed by atoms with Crippen LogP contribution in [0.4, 0.5) is 0 Å². The monoisotopic (exact) mass is 480 g/mol. The molecule has 0 saturated heterocycles. The average Bonchev–Trinajstić information content (AvgIpc) is 3.01. The van der Waals surface area contributed by atoms with Gasteiger partial charge in [0.15, 0.2) is 0 Å². The molecular formula is C21H18IN2NaO2. The van der Waals surface area contributed by atoms with Gasteiger partial charge < -0.3 is 14.9 Å². The zero-order chi connectivity index (χ0) is 19.1. The van der Waals surface area contributed by atoms with Crippen molar-refractivity contribution >= 4 is 39.5 Å². The number of aromatic amines is 1. The first-order valence-corrected chi connectivity index (χ1v) is 9.44. The Hall–Kier alpha value is -1.33. The molecule has 0 spiro atoms. The number of fused-ring (bicyclic) bond motifs is 1. The SMILES string of the molecule is CCc1ccc(C(C)(C)c2[nH]c3cc(C#N)ccc3c2C(=O)[O-])cc1I.[Na+]. The van der Waals surface area contributed by atoms with Gasteiger partial charge in [-0.25, -0.2) is 0 Å². The zero-order valence-electron chi connectivity index (χ0n) is 15.8. The summed E-state index contributed by atoms with van der Waals surface area (Å²) < 4.78 is 1.16. The van der Waals surface area contributed by atoms with E-state index in [0.717, 1.165) is 15.6 Å². The van der Waals surface area contributed by atoms with Gasteiger partial charge in [-0.15, -0.1) is 0 Å². The first-order chi connectivity index (χ1) is 12.3. The first-order valence-electron chi connectivity index (χ1n) is 8.36. The number of nitrogens with one attached hydrogen (secondary N) is 1. The molecule has 0 bridgehead atoms. The minimum Gasteiger partial charge on any atom is -0.545 e. The van der Waals surface area contributed by atoms with Crippen molar-refractivity contribution in [2.45, 2.75) is 32.6 Å². The molecule has 3 rings (SSSR count). The number of hydrogen-bond acceptors (Lipinski definition) is 3. The third-order valence-electron chi connectivity index (χ3n) is 4.91. The molecule has 0 unspecified atom stereocenters. The number of H-pyrrole nitrogens is 1. The van der Waals surface area contributed by atoms with E-state index in [1.54, 1.807) is 18.2 Å². The van der Waals surface area contributed by atoms with E-state index in [1.165, 1.54) is 5.56 Å². The summed E-state index contributed by atoms with van der Waals surface area (Å²) in [6.07, 6.45) is 0.951. The van der Waals surface area contributed by atoms with Crippen LogP contribution in [0.5, 0.6) is 0 Å². The minimum absolute atomic E-state index is 0. The molecule has 0 amide bonds. The van der Waals surface area contributed by atoms with Gasteiger partial charge in [-0.1, -0.05) is 39.0 Å². The number of carbonyl (C=O) groups excluding carboxylic acids is 1. The molecule has 2 aromatic carbocycles. The minimum atomic E-state index is -1.22. The van der Waals surface area contributed by atoms with Gasteiger partial charge in [0.05, 0.1) is 17.6 Å². The molecule has 0 radical (unpaired) electrons. The van der Waals surface area contributed by atoms with Gasteiger partial charge in [0.25, 0.3) is 0 Å². The van der Waals surface area contributed by atoms with E-state index in [9.17, 15) is 9.90 Å². The molecule has 6 heteroatoms. The van der Waals surface area contributed by atoms with Crippen LogP contribution >= 0.6 is 22.6 Å². The number of carboxylic acids is 1. The van der Waals surface area contributed by atoms with E-state index in [0.29, 0.717) is 22.2 Å². The number of aromatic nitrogens is 1. The molecule has 1 N–H and O–H groups in total. The number of halogens is 1. The van der Waals surface area contributed by atoms with E-state index < -0.39 is 11.4 Å². The van der Waals surface area contributed by atoms with Gasteiger partial charge in [-0.3, -0.25) is 0 Å². The molecule has 0 saturated carbocycles. The quantitative estimate of drug-likeness (QED) is 0.446. The fourth-order valence-electron chi connectivity index (χ4n) is 3.31. The summed E-state index contributed by atoms with van der Waals surface area (Å²) in [7, 11) is 0. The smallest absolute Gasteiger partial charge is 0.545 e. The second-order valence-corrected chi connectivity index (χ2v) is 7.98. The largest absolute Gasteiger partial charge is 1.00 e. The van der Waals surface area contributed by atoms with Crippen molar-refractivity contribution in [1.82, 2.24) is 4.98 Å². The Labute approximate surface area is 194 Å². The van der Waals surface area contributed by atoms with Crippen molar-refractivity contribution in [3.05, 3.63) is 67.9 Å². The predicted octanol–water partition coefficient (Wildman–Crippen LogP) is 0.900. The molecule has 1 heterocycles. The molecule has 4 nitrogen and oxygen atoms in total. The van der Waals surface area contributed by atoms with Crippen LogP contribution in [0.2, 0.25) is 0 Å². The van der Waals surface area contributed by atoms with Crippen molar-refractivity contribution in [1.29, 1.82) is 5.26 Å². The third-order valence-corrected chi connectivity index (χ3v) is 5.92. The number of carboxylic acid groups (broad SMARTS) is 1. The van der Waals surface area contributed by atoms with Gasteiger partial charge in [-0.2, -0.15) is 5.26 Å². The van der Waals surface area contributed by atoms with Crippen LogP contribution < -0.4 is 34.7 Å². The summed E-state index contributed by atoms with van der Waals surface area (Å²) >= 11 is 2.32. The van der Waals surface area contributed by atoms with Crippen molar-refractivity contribution in [3.8, 4) is 6.07 Å². The predicted molar refractivity (Wildman–Crippen MR) is 108 cm³/mol. The van der Waals surface area contributed by atoms with Crippen LogP contribution in [0, 0.1) is 14.9 Å². The molecule has 1 aromatic heterocycles. The van der Waals surface area contributed by atoms with E-state index in [-0.39, 0.29) is 35.1 Å². The summed E-state index contributed by atoms with van der Waals surface area (Å²) in [5.41, 5.74) is 3.58. The summed E-state index contributed by atoms with van der Waals surface area (Å²) in [5, 5.41) is 21.6. The molecule has 0 aliphatic heterocycles. The van der Waals surface area contributed by atoms with Gasteiger partial charge >= 0.3 is 29.6 Å². The van der Waals surface area contributed by atoms with Gasteiger partial charge in [0, 0.05) is 31.1 Å². The Kier molecular flexibility index (Phi) is 6.80. The molecule has 0 aliphatic rings. The fourth-order valence-corrected chi connectivity index (χ4v) is 4.21. The number of nitriles is 1. The van der Waals surface area contributed by atoms with Crippen LogP contribution in [0.3, 0.4) is 0 Å². The number of benzene rings is 2. The average molecular weight is 480 g/mol. The van der Waals surface area contributed by atoms with E-state index >= 15 is 0 Å². The number of nitrogens with zero attached hydrogens (tertiary/aromatic N) is 1. The summed E-state index contributed by atoms with van der Waals surface area (Å²) in [6.45, 7) is 6.10. The van der Waals surface area contributed by atoms with Crippen molar-refractivity contribution in [3.63, 3.8) is 0 Å². The standard InChI is InChI=1S/C21H19IN2O2.Na/c1-4-13-6-7-14(10-16(13)22)21(2,3)19-18(20(25)26)15-8-5-12(11-23)9-17(15)24-19;/h5-10,24H,4H2,1-3H3,(H,25,26);/q;+1/p-1. The molecule has 0 fully saturated rings. The fraction of sp³-hybridized carbons (Fsp3) is 0.238. The third kappa shape index (κ3) is 3.95. The van der Waals surface area contributed by atoms with Crippen LogP contribution in [0.15, 0.2) is 36.4 Å². The molecule has 132 valence electrons. The second kappa shape index (κ2) is 8.36. The number of rotatable bonds is 4. The van der Waals surface area contributed by atoms with Gasteiger partial charge in [0.1, 0.15) is 0 Å². The van der Waals surface area contributed by atoms with Crippen LogP contribution in [-0.4, -0.2) is 11.0 Å². The van der Waals surface area contributed by atoms with Crippen molar-refractivity contribution in [2.24, 2.45) is 0 Å². The number of hydrogen-bond donors (Lipinski definition) is 1. The topological polar surface area (TPSA) is 79.7 Å². The Balaban J connectivity index is 0.00000261. The second-order valence-electron chi connectivity index (χ2n) is 6.82. The summed E-state index contributed by atoms with van der Waals surface area (Å²) in [6, 6.07) is 13.3. The Morgan fingerprint density at radius 1 is 1.26 bits per heavy atom. The number of aryl methyl sites for hydroxylation is 1. The first kappa shape index (κ1) is 22.0.